The molecule has 2 unspecified atom stereocenters. The maximum absolute atomic E-state index is 12.7. The maximum atomic E-state index is 12.7. The lowest BCUT2D eigenvalue weighted by Gasteiger charge is -2.35. The number of likely N-dealkylation sites (tertiary alicyclic amines) is 1. The number of rotatable bonds is 6. The summed E-state index contributed by atoms with van der Waals surface area (Å²) < 4.78 is 0. The molecule has 2 fully saturated rings. The highest BCUT2D eigenvalue weighted by molar-refractivity contribution is 5.85. The van der Waals surface area contributed by atoms with Gasteiger partial charge in [-0.15, -0.1) is 12.4 Å². The predicted molar refractivity (Wildman–Crippen MR) is 114 cm³/mol. The summed E-state index contributed by atoms with van der Waals surface area (Å²) in [5, 5.41) is 3.26. The van der Waals surface area contributed by atoms with E-state index < -0.39 is 0 Å². The largest absolute Gasteiger partial charge is 0.353 e. The van der Waals surface area contributed by atoms with Crippen LogP contribution in [0.25, 0.3) is 0 Å². The van der Waals surface area contributed by atoms with Gasteiger partial charge in [-0.25, -0.2) is 0 Å². The maximum Gasteiger partial charge on any atom is 0.223 e. The van der Waals surface area contributed by atoms with Gasteiger partial charge in [0.15, 0.2) is 0 Å². The molecule has 0 radical (unpaired) electrons. The van der Waals surface area contributed by atoms with Gasteiger partial charge in [-0.1, -0.05) is 43.2 Å². The smallest absolute Gasteiger partial charge is 0.223 e. The van der Waals surface area contributed by atoms with Gasteiger partial charge in [0.1, 0.15) is 0 Å². The number of hydrogen-bond donors (Lipinski definition) is 2. The molecule has 1 saturated heterocycles. The topological polar surface area (TPSA) is 75.4 Å². The van der Waals surface area contributed by atoms with Crippen LogP contribution >= 0.6 is 12.4 Å². The third kappa shape index (κ3) is 6.21. The van der Waals surface area contributed by atoms with Crippen LogP contribution in [0.5, 0.6) is 0 Å². The second-order valence-electron chi connectivity index (χ2n) is 8.04. The van der Waals surface area contributed by atoms with Crippen LogP contribution in [-0.2, 0) is 16.0 Å². The summed E-state index contributed by atoms with van der Waals surface area (Å²) in [6.45, 7) is 2.03. The number of nitrogens with one attached hydrogen (secondary N) is 1. The van der Waals surface area contributed by atoms with Crippen LogP contribution in [0.3, 0.4) is 0 Å². The molecule has 156 valence electrons. The lowest BCUT2D eigenvalue weighted by Crippen LogP contribution is -2.49. The molecular weight excluding hydrogens is 374 g/mol. The third-order valence-electron chi connectivity index (χ3n) is 6.23. The number of nitrogens with zero attached hydrogens (tertiary/aromatic N) is 1. The molecule has 0 spiro atoms. The SMILES string of the molecule is Cl.NCC1CCCCC1NC(=O)C1CCN(C(=O)CCc2ccccc2)CC1. The number of aryl methyl sites for hydroxylation is 1. The molecular formula is C22H34ClN3O2. The molecule has 0 aromatic heterocycles. The average molecular weight is 408 g/mol. The molecule has 1 heterocycles. The van der Waals surface area contributed by atoms with Crippen molar-refractivity contribution in [3.05, 3.63) is 35.9 Å². The van der Waals surface area contributed by atoms with E-state index in [-0.39, 0.29) is 36.2 Å². The van der Waals surface area contributed by atoms with Crippen LogP contribution in [0.2, 0.25) is 0 Å². The number of halogens is 1. The first kappa shape index (κ1) is 22.7. The molecule has 6 heteroatoms. The lowest BCUT2D eigenvalue weighted by molar-refractivity contribution is -0.136. The van der Waals surface area contributed by atoms with Crippen LogP contribution < -0.4 is 11.1 Å². The van der Waals surface area contributed by atoms with Crippen molar-refractivity contribution in [2.75, 3.05) is 19.6 Å². The quantitative estimate of drug-likeness (QED) is 0.761. The Morgan fingerprint density at radius 1 is 1.04 bits per heavy atom. The van der Waals surface area contributed by atoms with E-state index >= 15 is 0 Å². The van der Waals surface area contributed by atoms with Crippen molar-refractivity contribution in [1.29, 1.82) is 0 Å². The van der Waals surface area contributed by atoms with Gasteiger partial charge in [0.2, 0.25) is 11.8 Å². The Labute approximate surface area is 174 Å². The predicted octanol–water partition coefficient (Wildman–Crippen LogP) is 2.91. The van der Waals surface area contributed by atoms with Crippen LogP contribution in [0.1, 0.15) is 50.5 Å². The summed E-state index contributed by atoms with van der Waals surface area (Å²) in [4.78, 5) is 27.0. The number of carbonyl (C=O) groups is 2. The van der Waals surface area contributed by atoms with Crippen molar-refractivity contribution < 1.29 is 9.59 Å². The van der Waals surface area contributed by atoms with Crippen LogP contribution in [-0.4, -0.2) is 42.4 Å². The van der Waals surface area contributed by atoms with Gasteiger partial charge in [0.25, 0.3) is 0 Å². The van der Waals surface area contributed by atoms with Crippen molar-refractivity contribution in [3.63, 3.8) is 0 Å². The van der Waals surface area contributed by atoms with E-state index in [1.54, 1.807) is 0 Å². The summed E-state index contributed by atoms with van der Waals surface area (Å²) in [5.41, 5.74) is 7.07. The normalized spacial score (nSPS) is 23.0. The van der Waals surface area contributed by atoms with E-state index in [9.17, 15) is 9.59 Å². The second-order valence-corrected chi connectivity index (χ2v) is 8.04. The van der Waals surface area contributed by atoms with E-state index in [0.717, 1.165) is 32.1 Å². The third-order valence-corrected chi connectivity index (χ3v) is 6.23. The highest BCUT2D eigenvalue weighted by Crippen LogP contribution is 2.25. The minimum Gasteiger partial charge on any atom is -0.353 e. The number of amides is 2. The van der Waals surface area contributed by atoms with Crippen LogP contribution in [0.4, 0.5) is 0 Å². The Bertz CT molecular complexity index is 617. The number of carbonyl (C=O) groups excluding carboxylic acids is 2. The lowest BCUT2D eigenvalue weighted by atomic mass is 9.84. The molecule has 2 aliphatic rings. The van der Waals surface area contributed by atoms with Crippen molar-refractivity contribution in [2.45, 2.75) is 57.4 Å². The first-order valence-electron chi connectivity index (χ1n) is 10.5. The summed E-state index contributed by atoms with van der Waals surface area (Å²) in [7, 11) is 0. The van der Waals surface area contributed by atoms with Gasteiger partial charge in [-0.05, 0) is 50.1 Å². The van der Waals surface area contributed by atoms with Gasteiger partial charge in [-0.2, -0.15) is 0 Å². The zero-order chi connectivity index (χ0) is 19.1. The van der Waals surface area contributed by atoms with E-state index in [0.29, 0.717) is 32.0 Å². The van der Waals surface area contributed by atoms with Crippen molar-refractivity contribution in [2.24, 2.45) is 17.6 Å². The molecule has 1 aromatic rings. The zero-order valence-corrected chi connectivity index (χ0v) is 17.5. The Morgan fingerprint density at radius 3 is 2.39 bits per heavy atom. The van der Waals surface area contributed by atoms with Crippen molar-refractivity contribution >= 4 is 24.2 Å². The molecule has 3 N–H and O–H groups in total. The average Bonchev–Trinajstić information content (AvgIpc) is 2.73. The highest BCUT2D eigenvalue weighted by Gasteiger charge is 2.31. The van der Waals surface area contributed by atoms with E-state index in [4.69, 9.17) is 5.73 Å². The molecule has 0 bridgehead atoms. The van der Waals surface area contributed by atoms with Gasteiger partial charge in [0.05, 0.1) is 0 Å². The number of piperidine rings is 1. The first-order valence-corrected chi connectivity index (χ1v) is 10.5. The monoisotopic (exact) mass is 407 g/mol. The minimum absolute atomic E-state index is 0. The van der Waals surface area contributed by atoms with Gasteiger partial charge in [0, 0.05) is 31.5 Å². The Kier molecular flexibility index (Phi) is 9.26. The van der Waals surface area contributed by atoms with Gasteiger partial charge in [-0.3, -0.25) is 9.59 Å². The molecule has 1 saturated carbocycles. The van der Waals surface area contributed by atoms with Gasteiger partial charge < -0.3 is 16.0 Å². The molecule has 1 aliphatic heterocycles. The van der Waals surface area contributed by atoms with Crippen LogP contribution in [0, 0.1) is 11.8 Å². The standard InChI is InChI=1S/C22H33N3O2.ClH/c23-16-19-8-4-5-9-20(19)24-22(27)18-12-14-25(15-13-18)21(26)11-10-17-6-2-1-3-7-17;/h1-3,6-7,18-20H,4-5,8-16,23H2,(H,24,27);1H. The summed E-state index contributed by atoms with van der Waals surface area (Å²) in [6, 6.07) is 10.4. The fraction of sp³-hybridized carbons (Fsp3) is 0.636. The second kappa shape index (κ2) is 11.4. The summed E-state index contributed by atoms with van der Waals surface area (Å²) in [5.74, 6) is 0.816. The summed E-state index contributed by atoms with van der Waals surface area (Å²) >= 11 is 0. The van der Waals surface area contributed by atoms with E-state index in [1.807, 2.05) is 23.1 Å². The number of hydrogen-bond acceptors (Lipinski definition) is 3. The summed E-state index contributed by atoms with van der Waals surface area (Å²) in [6.07, 6.45) is 7.42. The van der Waals surface area contributed by atoms with Crippen molar-refractivity contribution in [3.8, 4) is 0 Å². The number of benzene rings is 1. The highest BCUT2D eigenvalue weighted by atomic mass is 35.5. The Morgan fingerprint density at radius 2 is 1.71 bits per heavy atom. The fourth-order valence-electron chi connectivity index (χ4n) is 4.43. The molecule has 2 amide bonds. The molecule has 2 atom stereocenters. The molecule has 1 aromatic carbocycles. The van der Waals surface area contributed by atoms with E-state index in [1.165, 1.54) is 18.4 Å². The van der Waals surface area contributed by atoms with Crippen molar-refractivity contribution in [1.82, 2.24) is 10.2 Å². The van der Waals surface area contributed by atoms with Crippen LogP contribution in [0.15, 0.2) is 30.3 Å². The molecule has 5 nitrogen and oxygen atoms in total. The fourth-order valence-corrected chi connectivity index (χ4v) is 4.43. The molecule has 28 heavy (non-hydrogen) atoms. The minimum atomic E-state index is 0. The van der Waals surface area contributed by atoms with E-state index in [2.05, 4.69) is 17.4 Å². The molecule has 1 aliphatic carbocycles. The number of nitrogens with two attached hydrogens (primary N) is 1. The van der Waals surface area contributed by atoms with Gasteiger partial charge >= 0.3 is 0 Å². The first-order chi connectivity index (χ1) is 13.2. The zero-order valence-electron chi connectivity index (χ0n) is 16.6. The molecule has 3 rings (SSSR count). The Balaban J connectivity index is 0.00000280. The Hall–Kier alpha value is -1.59.